The van der Waals surface area contributed by atoms with Crippen LogP contribution in [0.4, 0.5) is 5.69 Å². The number of nitrogens with one attached hydrogen (secondary N) is 1. The molecule has 3 aromatic carbocycles. The van der Waals surface area contributed by atoms with Crippen LogP contribution >= 0.6 is 0 Å². The van der Waals surface area contributed by atoms with Gasteiger partial charge in [0, 0.05) is 17.3 Å². The second-order valence-corrected chi connectivity index (χ2v) is 6.47. The number of rotatable bonds is 9. The Morgan fingerprint density at radius 2 is 1.48 bits per heavy atom. The molecule has 0 aromatic heterocycles. The molecule has 0 fully saturated rings. The average molecular weight is 421 g/mol. The van der Waals surface area contributed by atoms with E-state index in [9.17, 15) is 9.59 Å². The van der Waals surface area contributed by atoms with Gasteiger partial charge in [-0.15, -0.1) is 0 Å². The highest BCUT2D eigenvalue weighted by Gasteiger charge is 2.25. The molecule has 1 amide bonds. The lowest BCUT2D eigenvalue weighted by atomic mass is 10.1. The lowest BCUT2D eigenvalue weighted by molar-refractivity contribution is -0.156. The van der Waals surface area contributed by atoms with Crippen LogP contribution in [0.2, 0.25) is 0 Å². The number of esters is 1. The predicted molar refractivity (Wildman–Crippen MR) is 115 cm³/mol. The van der Waals surface area contributed by atoms with Crippen LogP contribution in [-0.2, 0) is 14.3 Å². The lowest BCUT2D eigenvalue weighted by Gasteiger charge is -2.18. The molecule has 3 rings (SSSR count). The van der Waals surface area contributed by atoms with Gasteiger partial charge in [0.05, 0.1) is 14.2 Å². The van der Waals surface area contributed by atoms with Crippen molar-refractivity contribution in [3.63, 3.8) is 0 Å². The fraction of sp³-hybridized carbons (Fsp3) is 0.167. The van der Waals surface area contributed by atoms with Crippen molar-refractivity contribution in [2.24, 2.45) is 0 Å². The Labute approximate surface area is 180 Å². The largest absolute Gasteiger partial charge is 0.497 e. The summed E-state index contributed by atoms with van der Waals surface area (Å²) in [7, 11) is 3.10. The van der Waals surface area contributed by atoms with Crippen molar-refractivity contribution in [3.8, 4) is 17.2 Å². The number of amides is 1. The maximum absolute atomic E-state index is 12.9. The van der Waals surface area contributed by atoms with Crippen molar-refractivity contribution in [1.29, 1.82) is 0 Å². The molecule has 7 nitrogen and oxygen atoms in total. The Hall–Kier alpha value is -4.00. The Bertz CT molecular complexity index is 1000. The molecule has 0 bridgehead atoms. The minimum atomic E-state index is -1.14. The normalized spacial score (nSPS) is 11.2. The van der Waals surface area contributed by atoms with Gasteiger partial charge < -0.3 is 24.3 Å². The second kappa shape index (κ2) is 10.7. The van der Waals surface area contributed by atoms with E-state index >= 15 is 0 Å². The van der Waals surface area contributed by atoms with E-state index in [0.717, 1.165) is 0 Å². The third-order valence-corrected chi connectivity index (χ3v) is 4.34. The van der Waals surface area contributed by atoms with Crippen molar-refractivity contribution in [1.82, 2.24) is 0 Å². The van der Waals surface area contributed by atoms with Crippen LogP contribution in [-0.4, -0.2) is 32.7 Å². The van der Waals surface area contributed by atoms with Gasteiger partial charge in [-0.05, 0) is 36.4 Å². The molecule has 0 aliphatic heterocycles. The summed E-state index contributed by atoms with van der Waals surface area (Å²) in [5.41, 5.74) is 1.07. The fourth-order valence-corrected chi connectivity index (χ4v) is 2.79. The number of carbonyl (C=O) groups excluding carboxylic acids is 2. The molecule has 3 aromatic rings. The summed E-state index contributed by atoms with van der Waals surface area (Å²) < 4.78 is 21.2. The summed E-state index contributed by atoms with van der Waals surface area (Å²) in [4.78, 5) is 25.3. The van der Waals surface area contributed by atoms with Crippen molar-refractivity contribution in [3.05, 3.63) is 84.4 Å². The van der Waals surface area contributed by atoms with Crippen molar-refractivity contribution >= 4 is 17.6 Å². The summed E-state index contributed by atoms with van der Waals surface area (Å²) in [5.74, 6) is 0.588. The summed E-state index contributed by atoms with van der Waals surface area (Å²) >= 11 is 0. The first-order valence-electron chi connectivity index (χ1n) is 9.55. The van der Waals surface area contributed by atoms with Crippen LogP contribution in [0.5, 0.6) is 17.2 Å². The predicted octanol–water partition coefficient (Wildman–Crippen LogP) is 4.01. The van der Waals surface area contributed by atoms with Gasteiger partial charge in [-0.2, -0.15) is 0 Å². The third kappa shape index (κ3) is 6.24. The van der Waals surface area contributed by atoms with E-state index in [-0.39, 0.29) is 6.61 Å². The molecule has 0 saturated carbocycles. The molecular formula is C24H23NO6. The highest BCUT2D eigenvalue weighted by molar-refractivity contribution is 5.96. The highest BCUT2D eigenvalue weighted by atomic mass is 16.6. The molecule has 0 saturated heterocycles. The molecule has 0 aliphatic rings. The van der Waals surface area contributed by atoms with E-state index in [0.29, 0.717) is 28.5 Å². The molecule has 1 unspecified atom stereocenters. The van der Waals surface area contributed by atoms with Gasteiger partial charge in [-0.25, -0.2) is 4.79 Å². The number of anilines is 1. The zero-order valence-corrected chi connectivity index (χ0v) is 17.2. The quantitative estimate of drug-likeness (QED) is 0.526. The average Bonchev–Trinajstić information content (AvgIpc) is 2.82. The van der Waals surface area contributed by atoms with E-state index < -0.39 is 18.0 Å². The topological polar surface area (TPSA) is 83.1 Å². The number of ether oxygens (including phenoxy) is 4. The number of hydrogen-bond donors (Lipinski definition) is 1. The monoisotopic (exact) mass is 421 g/mol. The van der Waals surface area contributed by atoms with Gasteiger partial charge in [-0.1, -0.05) is 36.4 Å². The van der Waals surface area contributed by atoms with Gasteiger partial charge in [-0.3, -0.25) is 4.79 Å². The van der Waals surface area contributed by atoms with E-state index in [1.165, 1.54) is 7.11 Å². The minimum absolute atomic E-state index is 0.345. The summed E-state index contributed by atoms with van der Waals surface area (Å²) in [6, 6.07) is 22.5. The maximum atomic E-state index is 12.9. The molecule has 1 N–H and O–H groups in total. The van der Waals surface area contributed by atoms with Crippen LogP contribution in [0.25, 0.3) is 0 Å². The van der Waals surface area contributed by atoms with Crippen LogP contribution in [0.1, 0.15) is 11.7 Å². The summed E-state index contributed by atoms with van der Waals surface area (Å²) in [6.45, 7) is -0.345. The fourth-order valence-electron chi connectivity index (χ4n) is 2.79. The molecule has 1 atom stereocenters. The van der Waals surface area contributed by atoms with Gasteiger partial charge in [0.1, 0.15) is 17.2 Å². The minimum Gasteiger partial charge on any atom is -0.497 e. The van der Waals surface area contributed by atoms with E-state index in [1.54, 1.807) is 79.9 Å². The number of hydrogen-bond acceptors (Lipinski definition) is 6. The van der Waals surface area contributed by atoms with Crippen LogP contribution in [0.15, 0.2) is 78.9 Å². The zero-order valence-electron chi connectivity index (χ0n) is 17.2. The van der Waals surface area contributed by atoms with Crippen LogP contribution < -0.4 is 19.5 Å². The number of methoxy groups -OCH3 is 2. The van der Waals surface area contributed by atoms with E-state index in [2.05, 4.69) is 5.32 Å². The first-order chi connectivity index (χ1) is 15.1. The Balaban J connectivity index is 1.68. The Morgan fingerprint density at radius 3 is 2.16 bits per heavy atom. The van der Waals surface area contributed by atoms with Crippen LogP contribution in [0, 0.1) is 0 Å². The van der Waals surface area contributed by atoms with Crippen LogP contribution in [0.3, 0.4) is 0 Å². The Morgan fingerprint density at radius 1 is 0.806 bits per heavy atom. The molecule has 0 heterocycles. The van der Waals surface area contributed by atoms with E-state index in [1.807, 2.05) is 6.07 Å². The molecule has 0 radical (unpaired) electrons. The third-order valence-electron chi connectivity index (χ3n) is 4.34. The Kier molecular flexibility index (Phi) is 7.48. The molecule has 0 spiro atoms. The lowest BCUT2D eigenvalue weighted by Crippen LogP contribution is -2.28. The first kappa shape index (κ1) is 21.7. The van der Waals surface area contributed by atoms with Crippen molar-refractivity contribution in [2.75, 3.05) is 26.1 Å². The summed E-state index contributed by atoms with van der Waals surface area (Å²) in [5, 5.41) is 2.76. The molecule has 160 valence electrons. The molecular weight excluding hydrogens is 398 g/mol. The molecule has 31 heavy (non-hydrogen) atoms. The molecule has 7 heteroatoms. The van der Waals surface area contributed by atoms with Gasteiger partial charge in [0.15, 0.2) is 6.61 Å². The maximum Gasteiger partial charge on any atom is 0.345 e. The smallest absolute Gasteiger partial charge is 0.345 e. The van der Waals surface area contributed by atoms with Crippen molar-refractivity contribution in [2.45, 2.75) is 6.10 Å². The number of benzene rings is 3. The van der Waals surface area contributed by atoms with Gasteiger partial charge in [0.25, 0.3) is 5.91 Å². The molecule has 0 aliphatic carbocycles. The standard InChI is InChI=1S/C24H23NO6/c1-28-19-11-13-20(14-12-19)30-16-22(26)31-23(17-7-4-3-5-8-17)24(27)25-18-9-6-10-21(15-18)29-2/h3-15,23H,16H2,1-2H3,(H,25,27). The second-order valence-electron chi connectivity index (χ2n) is 6.47. The van der Waals surface area contributed by atoms with E-state index in [4.69, 9.17) is 18.9 Å². The first-order valence-corrected chi connectivity index (χ1v) is 9.55. The SMILES string of the molecule is COc1ccc(OCC(=O)OC(C(=O)Nc2cccc(OC)c2)c2ccccc2)cc1. The number of carbonyl (C=O) groups is 2. The van der Waals surface area contributed by atoms with Gasteiger partial charge >= 0.3 is 5.97 Å². The van der Waals surface area contributed by atoms with Gasteiger partial charge in [0.2, 0.25) is 6.10 Å². The zero-order chi connectivity index (χ0) is 22.1. The van der Waals surface area contributed by atoms with Crippen molar-refractivity contribution < 1.29 is 28.5 Å². The summed E-state index contributed by atoms with van der Waals surface area (Å²) in [6.07, 6.45) is -1.14. The highest BCUT2D eigenvalue weighted by Crippen LogP contribution is 2.23.